The fourth-order valence-corrected chi connectivity index (χ4v) is 1.44. The van der Waals surface area contributed by atoms with E-state index < -0.39 is 11.5 Å². The first kappa shape index (κ1) is 11.6. The minimum atomic E-state index is -1.31. The van der Waals surface area contributed by atoms with E-state index in [0.29, 0.717) is 15.6 Å². The smallest absolute Gasteiger partial charge is 0.346 e. The van der Waals surface area contributed by atoms with Gasteiger partial charge in [-0.05, 0) is 18.2 Å². The van der Waals surface area contributed by atoms with E-state index in [0.717, 1.165) is 6.08 Å². The molecule has 0 saturated heterocycles. The van der Waals surface area contributed by atoms with Crippen molar-refractivity contribution in [3.05, 3.63) is 39.4 Å². The van der Waals surface area contributed by atoms with Crippen molar-refractivity contribution in [2.24, 2.45) is 0 Å². The Labute approximate surface area is 96.2 Å². The Balaban J connectivity index is 3.30. The van der Waals surface area contributed by atoms with E-state index in [1.54, 1.807) is 24.3 Å². The Kier molecular flexibility index (Phi) is 3.73. The van der Waals surface area contributed by atoms with Gasteiger partial charge in [-0.25, -0.2) is 4.79 Å². The van der Waals surface area contributed by atoms with Gasteiger partial charge in [-0.3, -0.25) is 0 Å². The van der Waals surface area contributed by atoms with Crippen molar-refractivity contribution in [3.8, 4) is 6.07 Å². The second-order valence-electron chi connectivity index (χ2n) is 2.61. The lowest BCUT2D eigenvalue weighted by molar-refractivity contribution is -0.132. The number of aliphatic carboxylic acids is 1. The van der Waals surface area contributed by atoms with E-state index >= 15 is 0 Å². The van der Waals surface area contributed by atoms with E-state index in [-0.39, 0.29) is 0 Å². The van der Waals surface area contributed by atoms with Gasteiger partial charge in [0.2, 0.25) is 0 Å². The number of rotatable bonds is 2. The van der Waals surface area contributed by atoms with Crippen LogP contribution in [0.25, 0.3) is 6.08 Å². The fraction of sp³-hybridized carbons (Fsp3) is 0. The monoisotopic (exact) mass is 241 g/mol. The molecule has 1 aromatic carbocycles. The highest BCUT2D eigenvalue weighted by molar-refractivity contribution is 6.37. The molecule has 1 aromatic rings. The number of hydrogen-bond acceptors (Lipinski definition) is 2. The molecule has 3 nitrogen and oxygen atoms in total. The fourth-order valence-electron chi connectivity index (χ4n) is 0.935. The molecule has 0 unspecified atom stereocenters. The molecular formula is C10H5Cl2NO2. The van der Waals surface area contributed by atoms with Crippen LogP contribution >= 0.6 is 23.2 Å². The summed E-state index contributed by atoms with van der Waals surface area (Å²) in [6.07, 6.45) is 1.15. The third kappa shape index (κ3) is 2.72. The van der Waals surface area contributed by atoms with Gasteiger partial charge < -0.3 is 5.11 Å². The van der Waals surface area contributed by atoms with Gasteiger partial charge in [-0.15, -0.1) is 0 Å². The number of hydrogen-bond donors (Lipinski definition) is 1. The average Bonchev–Trinajstić information content (AvgIpc) is 2.17. The summed E-state index contributed by atoms with van der Waals surface area (Å²) in [5.41, 5.74) is -0.0789. The summed E-state index contributed by atoms with van der Waals surface area (Å²) >= 11 is 11.6. The van der Waals surface area contributed by atoms with Crippen LogP contribution in [0.1, 0.15) is 5.56 Å². The molecule has 0 amide bonds. The molecule has 0 heterocycles. The first-order chi connectivity index (χ1) is 7.06. The van der Waals surface area contributed by atoms with Crippen LogP contribution in [0.2, 0.25) is 10.0 Å². The zero-order valence-electron chi connectivity index (χ0n) is 7.37. The van der Waals surface area contributed by atoms with Gasteiger partial charge in [0.15, 0.2) is 0 Å². The summed E-state index contributed by atoms with van der Waals surface area (Å²) in [5.74, 6) is -1.31. The number of carboxylic acids is 1. The largest absolute Gasteiger partial charge is 0.477 e. The molecule has 0 atom stereocenters. The molecule has 15 heavy (non-hydrogen) atoms. The van der Waals surface area contributed by atoms with Crippen LogP contribution in [0.3, 0.4) is 0 Å². The summed E-state index contributed by atoms with van der Waals surface area (Å²) in [5, 5.41) is 17.8. The summed E-state index contributed by atoms with van der Waals surface area (Å²) in [4.78, 5) is 10.6. The number of nitriles is 1. The van der Waals surface area contributed by atoms with Crippen molar-refractivity contribution in [2.75, 3.05) is 0 Å². The van der Waals surface area contributed by atoms with Gasteiger partial charge in [0.05, 0.1) is 0 Å². The predicted molar refractivity (Wildman–Crippen MR) is 57.7 cm³/mol. The second-order valence-corrected chi connectivity index (χ2v) is 3.42. The van der Waals surface area contributed by atoms with Crippen LogP contribution in [-0.4, -0.2) is 11.1 Å². The molecule has 0 bridgehead atoms. The molecule has 0 saturated carbocycles. The highest BCUT2D eigenvalue weighted by Crippen LogP contribution is 2.26. The maximum atomic E-state index is 10.6. The van der Waals surface area contributed by atoms with Crippen molar-refractivity contribution >= 4 is 35.2 Å². The number of halogens is 2. The second kappa shape index (κ2) is 4.83. The molecule has 0 aliphatic rings. The van der Waals surface area contributed by atoms with Crippen molar-refractivity contribution in [1.82, 2.24) is 0 Å². The van der Waals surface area contributed by atoms with Gasteiger partial charge in [0, 0.05) is 15.6 Å². The molecule has 0 radical (unpaired) electrons. The van der Waals surface area contributed by atoms with E-state index in [1.165, 1.54) is 0 Å². The first-order valence-electron chi connectivity index (χ1n) is 3.85. The van der Waals surface area contributed by atoms with E-state index in [1.807, 2.05) is 0 Å². The average molecular weight is 242 g/mol. The maximum absolute atomic E-state index is 10.6. The van der Waals surface area contributed by atoms with Crippen molar-refractivity contribution in [3.63, 3.8) is 0 Å². The quantitative estimate of drug-likeness (QED) is 0.640. The third-order valence-corrected chi connectivity index (χ3v) is 2.30. The lowest BCUT2D eigenvalue weighted by atomic mass is 10.1. The summed E-state index contributed by atoms with van der Waals surface area (Å²) < 4.78 is 0. The van der Waals surface area contributed by atoms with Crippen LogP contribution in [-0.2, 0) is 4.79 Å². The zero-order chi connectivity index (χ0) is 11.4. The van der Waals surface area contributed by atoms with Crippen molar-refractivity contribution in [1.29, 1.82) is 5.26 Å². The van der Waals surface area contributed by atoms with Gasteiger partial charge in [0.25, 0.3) is 0 Å². The van der Waals surface area contributed by atoms with Crippen molar-refractivity contribution < 1.29 is 9.90 Å². The number of nitrogens with zero attached hydrogens (tertiary/aromatic N) is 1. The Bertz CT molecular complexity index is 455. The van der Waals surface area contributed by atoms with E-state index in [2.05, 4.69) is 0 Å². The van der Waals surface area contributed by atoms with Crippen LogP contribution in [0.15, 0.2) is 23.8 Å². The molecule has 0 fully saturated rings. The number of carboxylic acid groups (broad SMARTS) is 1. The maximum Gasteiger partial charge on any atom is 0.346 e. The van der Waals surface area contributed by atoms with Gasteiger partial charge in [-0.2, -0.15) is 5.26 Å². The molecule has 1 N–H and O–H groups in total. The van der Waals surface area contributed by atoms with Crippen LogP contribution in [0.4, 0.5) is 0 Å². The highest BCUT2D eigenvalue weighted by atomic mass is 35.5. The summed E-state index contributed by atoms with van der Waals surface area (Å²) in [6.45, 7) is 0. The Hall–Kier alpha value is -1.50. The minimum absolute atomic E-state index is 0.302. The lowest BCUT2D eigenvalue weighted by Crippen LogP contribution is -1.97. The first-order valence-corrected chi connectivity index (χ1v) is 4.61. The lowest BCUT2D eigenvalue weighted by Gasteiger charge is -2.00. The molecule has 0 aliphatic heterocycles. The van der Waals surface area contributed by atoms with Crippen LogP contribution in [0, 0.1) is 11.3 Å². The minimum Gasteiger partial charge on any atom is -0.477 e. The summed E-state index contributed by atoms with van der Waals surface area (Å²) in [6, 6.07) is 6.31. The molecule has 5 heteroatoms. The number of carbonyl (C=O) groups is 1. The predicted octanol–water partition coefficient (Wildman–Crippen LogP) is 2.98. The molecule has 0 aliphatic carbocycles. The Morgan fingerprint density at radius 3 is 2.33 bits per heavy atom. The molecular weight excluding hydrogens is 237 g/mol. The summed E-state index contributed by atoms with van der Waals surface area (Å²) in [7, 11) is 0. The zero-order valence-corrected chi connectivity index (χ0v) is 8.88. The normalized spacial score (nSPS) is 10.9. The Morgan fingerprint density at radius 1 is 1.40 bits per heavy atom. The number of benzene rings is 1. The van der Waals surface area contributed by atoms with E-state index in [4.69, 9.17) is 33.6 Å². The van der Waals surface area contributed by atoms with E-state index in [9.17, 15) is 4.79 Å². The van der Waals surface area contributed by atoms with Crippen molar-refractivity contribution in [2.45, 2.75) is 0 Å². The van der Waals surface area contributed by atoms with Crippen LogP contribution in [0.5, 0.6) is 0 Å². The molecule has 0 spiro atoms. The topological polar surface area (TPSA) is 61.1 Å². The van der Waals surface area contributed by atoms with Gasteiger partial charge >= 0.3 is 5.97 Å². The third-order valence-electron chi connectivity index (χ3n) is 1.64. The standard InChI is InChI=1S/C10H5Cl2NO2/c11-8-2-1-3-9(12)7(8)4-6(5-13)10(14)15/h1-4H,(H,14,15). The SMILES string of the molecule is N#CC(=Cc1c(Cl)cccc1Cl)C(=O)O. The van der Waals surface area contributed by atoms with Gasteiger partial charge in [-0.1, -0.05) is 29.3 Å². The Morgan fingerprint density at radius 2 is 1.93 bits per heavy atom. The molecule has 1 rings (SSSR count). The molecule has 76 valence electrons. The molecule has 0 aromatic heterocycles. The highest BCUT2D eigenvalue weighted by Gasteiger charge is 2.09. The van der Waals surface area contributed by atoms with Gasteiger partial charge in [0.1, 0.15) is 11.6 Å². The van der Waals surface area contributed by atoms with Crippen LogP contribution < -0.4 is 0 Å².